The van der Waals surface area contributed by atoms with Crippen molar-refractivity contribution in [3.8, 4) is 0 Å². The first kappa shape index (κ1) is 20.0. The van der Waals surface area contributed by atoms with Crippen LogP contribution in [0.5, 0.6) is 0 Å². The van der Waals surface area contributed by atoms with Crippen LogP contribution in [0.25, 0.3) is 0 Å². The molecular formula is C27H30O2S. The number of carbonyl (C=O) groups is 1. The summed E-state index contributed by atoms with van der Waals surface area (Å²) in [6, 6.07) is 9.64. The van der Waals surface area contributed by atoms with Gasteiger partial charge in [0.1, 0.15) is 0 Å². The normalized spacial score (nSPS) is 35.9. The lowest BCUT2D eigenvalue weighted by molar-refractivity contribution is -0.115. The van der Waals surface area contributed by atoms with E-state index in [2.05, 4.69) is 25.7 Å². The van der Waals surface area contributed by atoms with Gasteiger partial charge in [-0.15, -0.1) is 5.73 Å². The molecule has 2 nitrogen and oxygen atoms in total. The Bertz CT molecular complexity index is 1040. The molecule has 0 aliphatic heterocycles. The molecule has 4 aliphatic rings. The van der Waals surface area contributed by atoms with Crippen LogP contribution in [0.1, 0.15) is 58.8 Å². The number of ketones is 1. The number of benzene rings is 1. The zero-order valence-corrected chi connectivity index (χ0v) is 18.8. The molecule has 2 fully saturated rings. The van der Waals surface area contributed by atoms with E-state index in [0.717, 1.165) is 37.0 Å². The third-order valence-corrected chi connectivity index (χ3v) is 9.51. The van der Waals surface area contributed by atoms with Crippen LogP contribution < -0.4 is 0 Å². The summed E-state index contributed by atoms with van der Waals surface area (Å²) in [6.45, 7) is 4.78. The second-order valence-electron chi connectivity index (χ2n) is 9.89. The number of hydrogen-bond acceptors (Lipinski definition) is 2. The molecule has 0 spiro atoms. The van der Waals surface area contributed by atoms with E-state index < -0.39 is 10.8 Å². The van der Waals surface area contributed by atoms with Crippen LogP contribution in [0, 0.1) is 22.7 Å². The van der Waals surface area contributed by atoms with E-state index in [1.807, 2.05) is 36.4 Å². The molecule has 1 unspecified atom stereocenters. The van der Waals surface area contributed by atoms with E-state index in [1.165, 1.54) is 17.6 Å². The fourth-order valence-corrected chi connectivity index (χ4v) is 7.47. The summed E-state index contributed by atoms with van der Waals surface area (Å²) in [6.07, 6.45) is 11.6. The smallest absolute Gasteiger partial charge is 0.155 e. The predicted molar refractivity (Wildman–Crippen MR) is 121 cm³/mol. The summed E-state index contributed by atoms with van der Waals surface area (Å²) in [5.41, 5.74) is 8.03. The standard InChI is InChI=1S/C27H30O2S/c1-26-16-13-25-23(10-8-20-18-21(28)12-15-27(20,25)2)24(26)11-9-19(26)14-17-30(29)22-6-4-3-5-7-22/h3-7,13,17-18,23-24H,8-12,15-16H2,1-2H3/t14?,23-,24-,26+,27-,30?/m0/s1. The maximum absolute atomic E-state index is 12.7. The average Bonchev–Trinajstić information content (AvgIpc) is 3.09. The molecule has 0 bridgehead atoms. The van der Waals surface area contributed by atoms with Gasteiger partial charge in [0.25, 0.3) is 0 Å². The molecule has 5 atom stereocenters. The van der Waals surface area contributed by atoms with Crippen LogP contribution in [0.3, 0.4) is 0 Å². The highest BCUT2D eigenvalue weighted by Gasteiger charge is 2.54. The molecule has 0 aromatic heterocycles. The van der Waals surface area contributed by atoms with Gasteiger partial charge in [-0.25, -0.2) is 4.21 Å². The van der Waals surface area contributed by atoms with Gasteiger partial charge >= 0.3 is 0 Å². The number of fused-ring (bicyclic) bond motifs is 5. The van der Waals surface area contributed by atoms with Crippen LogP contribution >= 0.6 is 0 Å². The van der Waals surface area contributed by atoms with Crippen LogP contribution in [0.4, 0.5) is 0 Å². The second-order valence-corrected chi connectivity index (χ2v) is 11.2. The van der Waals surface area contributed by atoms with Crippen molar-refractivity contribution in [2.75, 3.05) is 0 Å². The summed E-state index contributed by atoms with van der Waals surface area (Å²) < 4.78 is 12.7. The van der Waals surface area contributed by atoms with Gasteiger partial charge in [0.15, 0.2) is 5.78 Å². The zero-order valence-electron chi connectivity index (χ0n) is 17.9. The van der Waals surface area contributed by atoms with E-state index in [9.17, 15) is 9.00 Å². The molecule has 0 saturated heterocycles. The molecule has 1 aromatic rings. The lowest BCUT2D eigenvalue weighted by Crippen LogP contribution is -2.43. The minimum atomic E-state index is -1.15. The summed E-state index contributed by atoms with van der Waals surface area (Å²) in [4.78, 5) is 12.8. The van der Waals surface area contributed by atoms with Gasteiger partial charge in [0, 0.05) is 27.6 Å². The molecule has 0 heterocycles. The highest BCUT2D eigenvalue weighted by molar-refractivity contribution is 7.88. The SMILES string of the molecule is C[C@]12CCC(=O)C=C1CC[C@@H]1C2=CC[C@]2(C)C(=C=CS(=O)c3ccccc3)CC[C@@H]12. The number of carbonyl (C=O) groups excluding carboxylic acids is 1. The van der Waals surface area contributed by atoms with Crippen molar-refractivity contribution in [3.63, 3.8) is 0 Å². The van der Waals surface area contributed by atoms with Crippen molar-refractivity contribution in [2.24, 2.45) is 22.7 Å². The van der Waals surface area contributed by atoms with Crippen LogP contribution in [0.2, 0.25) is 0 Å². The van der Waals surface area contributed by atoms with Gasteiger partial charge in [-0.2, -0.15) is 0 Å². The minimum Gasteiger partial charge on any atom is -0.295 e. The molecular weight excluding hydrogens is 388 g/mol. The molecule has 0 radical (unpaired) electrons. The quantitative estimate of drug-likeness (QED) is 0.418. The summed E-state index contributed by atoms with van der Waals surface area (Å²) in [5.74, 6) is 1.55. The Balaban J connectivity index is 1.47. The van der Waals surface area contributed by atoms with E-state index in [1.54, 1.807) is 11.0 Å². The Morgan fingerprint density at radius 2 is 1.90 bits per heavy atom. The minimum absolute atomic E-state index is 0.0925. The van der Waals surface area contributed by atoms with Crippen molar-refractivity contribution >= 4 is 16.6 Å². The summed E-state index contributed by atoms with van der Waals surface area (Å²) >= 11 is 0. The molecule has 5 rings (SSSR count). The van der Waals surface area contributed by atoms with E-state index in [0.29, 0.717) is 24.0 Å². The Hall–Kier alpha value is -1.96. The van der Waals surface area contributed by atoms with E-state index in [4.69, 9.17) is 0 Å². The van der Waals surface area contributed by atoms with E-state index >= 15 is 0 Å². The molecule has 0 N–H and O–H groups in total. The lowest BCUT2D eigenvalue weighted by atomic mass is 9.52. The van der Waals surface area contributed by atoms with Crippen LogP contribution in [0.15, 0.2) is 75.2 Å². The van der Waals surface area contributed by atoms with Gasteiger partial charge < -0.3 is 0 Å². The monoisotopic (exact) mass is 418 g/mol. The number of allylic oxidation sites excluding steroid dienone is 5. The maximum Gasteiger partial charge on any atom is 0.155 e. The molecule has 0 amide bonds. The first-order valence-corrected chi connectivity index (χ1v) is 12.5. The summed E-state index contributed by atoms with van der Waals surface area (Å²) in [7, 11) is -1.15. The van der Waals surface area contributed by atoms with Gasteiger partial charge in [0.05, 0.1) is 10.8 Å². The highest BCUT2D eigenvalue weighted by Crippen LogP contribution is 2.64. The molecule has 156 valence electrons. The van der Waals surface area contributed by atoms with Crippen molar-refractivity contribution in [1.29, 1.82) is 0 Å². The lowest BCUT2D eigenvalue weighted by Gasteiger charge is -2.52. The van der Waals surface area contributed by atoms with Crippen molar-refractivity contribution in [3.05, 3.63) is 70.3 Å². The Kier molecular flexibility index (Phi) is 4.87. The van der Waals surface area contributed by atoms with E-state index in [-0.39, 0.29) is 10.8 Å². The molecule has 30 heavy (non-hydrogen) atoms. The topological polar surface area (TPSA) is 34.1 Å². The Morgan fingerprint density at radius 1 is 1.10 bits per heavy atom. The first-order valence-electron chi connectivity index (χ1n) is 11.3. The van der Waals surface area contributed by atoms with Gasteiger partial charge in [-0.05, 0) is 74.1 Å². The first-order chi connectivity index (χ1) is 14.4. The second kappa shape index (κ2) is 7.32. The molecule has 1 aromatic carbocycles. The number of rotatable bonds is 2. The fourth-order valence-electron chi connectivity index (χ4n) is 6.66. The van der Waals surface area contributed by atoms with Crippen LogP contribution in [-0.2, 0) is 15.6 Å². The Morgan fingerprint density at radius 3 is 2.70 bits per heavy atom. The Labute approximate surface area is 182 Å². The molecule has 3 heteroatoms. The van der Waals surface area contributed by atoms with Gasteiger partial charge in [-0.3, -0.25) is 4.79 Å². The largest absolute Gasteiger partial charge is 0.295 e. The fraction of sp³-hybridized carbons (Fsp3) is 0.481. The number of hydrogen-bond donors (Lipinski definition) is 0. The third-order valence-electron chi connectivity index (χ3n) is 8.44. The highest BCUT2D eigenvalue weighted by atomic mass is 32.2. The van der Waals surface area contributed by atoms with Gasteiger partial charge in [0.2, 0.25) is 0 Å². The zero-order chi connectivity index (χ0) is 20.9. The predicted octanol–water partition coefficient (Wildman–Crippen LogP) is 6.29. The summed E-state index contributed by atoms with van der Waals surface area (Å²) in [5, 5.41) is 1.77. The maximum atomic E-state index is 12.7. The molecule has 2 saturated carbocycles. The van der Waals surface area contributed by atoms with Crippen LogP contribution in [-0.4, -0.2) is 9.99 Å². The van der Waals surface area contributed by atoms with Gasteiger partial charge in [-0.1, -0.05) is 49.3 Å². The molecule has 4 aliphatic carbocycles. The third kappa shape index (κ3) is 3.06. The van der Waals surface area contributed by atoms with Crippen molar-refractivity contribution in [2.45, 2.75) is 63.7 Å². The average molecular weight is 419 g/mol. The van der Waals surface area contributed by atoms with Crippen molar-refractivity contribution in [1.82, 2.24) is 0 Å². The van der Waals surface area contributed by atoms with Crippen molar-refractivity contribution < 1.29 is 9.00 Å².